The Morgan fingerprint density at radius 3 is 2.74 bits per heavy atom. The van der Waals surface area contributed by atoms with E-state index in [9.17, 15) is 4.79 Å². The van der Waals surface area contributed by atoms with Crippen LogP contribution >= 0.6 is 0 Å². The maximum Gasteiger partial charge on any atom is 0.277 e. The molecular weight excluding hydrogens is 340 g/mol. The van der Waals surface area contributed by atoms with Crippen molar-refractivity contribution in [2.45, 2.75) is 13.5 Å². The SMILES string of the molecule is Cc1ccc(-c2cc(C(=O)Nc3cccc(Cn4cccn4)c3)no2)cc1. The maximum atomic E-state index is 12.5. The fraction of sp³-hybridized carbons (Fsp3) is 0.0952. The van der Waals surface area contributed by atoms with Gasteiger partial charge in [-0.15, -0.1) is 0 Å². The molecule has 2 aromatic heterocycles. The van der Waals surface area contributed by atoms with E-state index in [4.69, 9.17) is 4.52 Å². The van der Waals surface area contributed by atoms with Crippen LogP contribution in [-0.2, 0) is 6.54 Å². The van der Waals surface area contributed by atoms with Crippen LogP contribution in [0.2, 0.25) is 0 Å². The summed E-state index contributed by atoms with van der Waals surface area (Å²) in [5.74, 6) is 0.251. The molecule has 1 amide bonds. The predicted octanol–water partition coefficient (Wildman–Crippen LogP) is 4.15. The summed E-state index contributed by atoms with van der Waals surface area (Å²) in [6.07, 6.45) is 3.63. The number of nitrogens with zero attached hydrogens (tertiary/aromatic N) is 3. The molecule has 0 fully saturated rings. The zero-order valence-corrected chi connectivity index (χ0v) is 14.8. The van der Waals surface area contributed by atoms with Crippen LogP contribution in [0.4, 0.5) is 5.69 Å². The first-order valence-corrected chi connectivity index (χ1v) is 8.59. The largest absolute Gasteiger partial charge is 0.355 e. The average Bonchev–Trinajstić information content (AvgIpc) is 3.35. The molecule has 27 heavy (non-hydrogen) atoms. The minimum atomic E-state index is -0.312. The summed E-state index contributed by atoms with van der Waals surface area (Å²) in [6.45, 7) is 2.65. The number of hydrogen-bond donors (Lipinski definition) is 1. The molecule has 134 valence electrons. The number of amides is 1. The molecule has 0 radical (unpaired) electrons. The Bertz CT molecular complexity index is 1050. The van der Waals surface area contributed by atoms with Gasteiger partial charge in [0.1, 0.15) is 0 Å². The molecule has 0 aliphatic heterocycles. The third kappa shape index (κ3) is 3.95. The van der Waals surface area contributed by atoms with Crippen LogP contribution in [0.25, 0.3) is 11.3 Å². The van der Waals surface area contributed by atoms with Crippen molar-refractivity contribution in [3.8, 4) is 11.3 Å². The molecule has 0 spiro atoms. The molecule has 6 heteroatoms. The monoisotopic (exact) mass is 358 g/mol. The van der Waals surface area contributed by atoms with Gasteiger partial charge in [-0.1, -0.05) is 47.1 Å². The number of carbonyl (C=O) groups is 1. The Morgan fingerprint density at radius 2 is 1.96 bits per heavy atom. The highest BCUT2D eigenvalue weighted by atomic mass is 16.5. The summed E-state index contributed by atoms with van der Waals surface area (Å²) in [4.78, 5) is 12.5. The number of rotatable bonds is 5. The van der Waals surface area contributed by atoms with E-state index in [-0.39, 0.29) is 11.6 Å². The molecule has 1 N–H and O–H groups in total. The Balaban J connectivity index is 1.47. The normalized spacial score (nSPS) is 10.7. The number of hydrogen-bond acceptors (Lipinski definition) is 4. The molecule has 2 aromatic carbocycles. The minimum Gasteiger partial charge on any atom is -0.355 e. The maximum absolute atomic E-state index is 12.5. The zero-order chi connectivity index (χ0) is 18.6. The smallest absolute Gasteiger partial charge is 0.277 e. The standard InChI is InChI=1S/C21H18N4O2/c1-15-6-8-17(9-7-15)20-13-19(24-27-20)21(26)23-18-5-2-4-16(12-18)14-25-11-3-10-22-25/h2-13H,14H2,1H3,(H,23,26). The Labute approximate surface area is 156 Å². The van der Waals surface area contributed by atoms with Crippen molar-refractivity contribution < 1.29 is 9.32 Å². The molecule has 0 atom stereocenters. The minimum absolute atomic E-state index is 0.239. The van der Waals surface area contributed by atoms with E-state index in [1.807, 2.05) is 72.4 Å². The second-order valence-corrected chi connectivity index (χ2v) is 6.30. The lowest BCUT2D eigenvalue weighted by atomic mass is 10.1. The van der Waals surface area contributed by atoms with Crippen molar-refractivity contribution in [2.24, 2.45) is 0 Å². The number of aryl methyl sites for hydroxylation is 1. The van der Waals surface area contributed by atoms with E-state index in [1.165, 1.54) is 0 Å². The summed E-state index contributed by atoms with van der Waals surface area (Å²) in [6, 6.07) is 19.0. The summed E-state index contributed by atoms with van der Waals surface area (Å²) in [7, 11) is 0. The van der Waals surface area contributed by atoms with Gasteiger partial charge in [0.2, 0.25) is 0 Å². The van der Waals surface area contributed by atoms with Gasteiger partial charge in [0.05, 0.1) is 6.54 Å². The molecule has 0 unspecified atom stereocenters. The molecule has 0 saturated carbocycles. The van der Waals surface area contributed by atoms with Gasteiger partial charge < -0.3 is 9.84 Å². The topological polar surface area (TPSA) is 73.0 Å². The van der Waals surface area contributed by atoms with Crippen molar-refractivity contribution >= 4 is 11.6 Å². The summed E-state index contributed by atoms with van der Waals surface area (Å²) in [5.41, 5.74) is 4.02. The highest BCUT2D eigenvalue weighted by Crippen LogP contribution is 2.21. The van der Waals surface area contributed by atoms with Gasteiger partial charge in [-0.05, 0) is 30.7 Å². The van der Waals surface area contributed by atoms with E-state index in [1.54, 1.807) is 12.3 Å². The second kappa shape index (κ2) is 7.29. The van der Waals surface area contributed by atoms with Gasteiger partial charge in [0.25, 0.3) is 5.91 Å². The van der Waals surface area contributed by atoms with Crippen LogP contribution in [0.5, 0.6) is 0 Å². The van der Waals surface area contributed by atoms with Gasteiger partial charge in [0.15, 0.2) is 11.5 Å². The van der Waals surface area contributed by atoms with E-state index < -0.39 is 0 Å². The lowest BCUT2D eigenvalue weighted by molar-refractivity contribution is 0.101. The van der Waals surface area contributed by atoms with Gasteiger partial charge in [0, 0.05) is 29.7 Å². The van der Waals surface area contributed by atoms with Gasteiger partial charge in [-0.3, -0.25) is 9.48 Å². The van der Waals surface area contributed by atoms with E-state index in [0.717, 1.165) is 16.7 Å². The molecule has 0 saturated heterocycles. The Kier molecular flexibility index (Phi) is 4.53. The van der Waals surface area contributed by atoms with E-state index in [2.05, 4.69) is 15.6 Å². The van der Waals surface area contributed by atoms with Crippen LogP contribution in [-0.4, -0.2) is 20.8 Å². The van der Waals surface area contributed by atoms with Crippen molar-refractivity contribution in [2.75, 3.05) is 5.32 Å². The highest BCUT2D eigenvalue weighted by molar-refractivity contribution is 6.03. The first-order chi connectivity index (χ1) is 13.2. The number of aromatic nitrogens is 3. The van der Waals surface area contributed by atoms with Gasteiger partial charge in [-0.2, -0.15) is 5.10 Å². The third-order valence-corrected chi connectivity index (χ3v) is 4.17. The fourth-order valence-electron chi connectivity index (χ4n) is 2.76. The Morgan fingerprint density at radius 1 is 1.11 bits per heavy atom. The van der Waals surface area contributed by atoms with E-state index >= 15 is 0 Å². The predicted molar refractivity (Wildman–Crippen MR) is 102 cm³/mol. The molecule has 0 aliphatic carbocycles. The third-order valence-electron chi connectivity index (χ3n) is 4.17. The zero-order valence-electron chi connectivity index (χ0n) is 14.8. The first-order valence-electron chi connectivity index (χ1n) is 8.59. The fourth-order valence-corrected chi connectivity index (χ4v) is 2.76. The number of anilines is 1. The van der Waals surface area contributed by atoms with Crippen LogP contribution in [0, 0.1) is 6.92 Å². The molecule has 4 aromatic rings. The Hall–Kier alpha value is -3.67. The van der Waals surface area contributed by atoms with Gasteiger partial charge >= 0.3 is 0 Å². The molecule has 0 aliphatic rings. The molecular formula is C21H18N4O2. The molecule has 6 nitrogen and oxygen atoms in total. The van der Waals surface area contributed by atoms with Crippen molar-refractivity contribution in [3.63, 3.8) is 0 Å². The first kappa shape index (κ1) is 16.8. The second-order valence-electron chi connectivity index (χ2n) is 6.30. The number of nitrogens with one attached hydrogen (secondary N) is 1. The van der Waals surface area contributed by atoms with Crippen LogP contribution in [0.3, 0.4) is 0 Å². The van der Waals surface area contributed by atoms with Crippen molar-refractivity contribution in [3.05, 3.63) is 89.9 Å². The highest BCUT2D eigenvalue weighted by Gasteiger charge is 2.14. The average molecular weight is 358 g/mol. The lowest BCUT2D eigenvalue weighted by Gasteiger charge is -2.06. The number of benzene rings is 2. The van der Waals surface area contributed by atoms with Crippen LogP contribution in [0.1, 0.15) is 21.6 Å². The van der Waals surface area contributed by atoms with Gasteiger partial charge in [-0.25, -0.2) is 0 Å². The van der Waals surface area contributed by atoms with Crippen LogP contribution in [0.15, 0.2) is 77.6 Å². The molecule has 2 heterocycles. The molecule has 0 bridgehead atoms. The van der Waals surface area contributed by atoms with Crippen LogP contribution < -0.4 is 5.32 Å². The summed E-state index contributed by atoms with van der Waals surface area (Å²) in [5, 5.41) is 10.9. The summed E-state index contributed by atoms with van der Waals surface area (Å²) >= 11 is 0. The lowest BCUT2D eigenvalue weighted by Crippen LogP contribution is -2.12. The number of carbonyl (C=O) groups excluding carboxylic acids is 1. The quantitative estimate of drug-likeness (QED) is 0.582. The van der Waals surface area contributed by atoms with Crippen molar-refractivity contribution in [1.29, 1.82) is 0 Å². The molecule has 4 rings (SSSR count). The van der Waals surface area contributed by atoms with E-state index in [0.29, 0.717) is 18.0 Å². The van der Waals surface area contributed by atoms with Crippen molar-refractivity contribution in [1.82, 2.24) is 14.9 Å². The summed E-state index contributed by atoms with van der Waals surface area (Å²) < 4.78 is 7.15.